The number of hydrogen-bond acceptors (Lipinski definition) is 4. The summed E-state index contributed by atoms with van der Waals surface area (Å²) < 4.78 is 0. The van der Waals surface area contributed by atoms with E-state index in [1.165, 1.54) is 11.9 Å². The number of unbranched alkanes of at least 4 members (excludes halogenated alkanes) is 2. The van der Waals surface area contributed by atoms with Gasteiger partial charge in [0.05, 0.1) is 0 Å². The summed E-state index contributed by atoms with van der Waals surface area (Å²) in [5.74, 6) is 5.02. The highest BCUT2D eigenvalue weighted by Gasteiger charge is 2.27. The third-order valence-electron chi connectivity index (χ3n) is 2.82. The number of hydrazine groups is 1. The molecule has 1 fully saturated rings. The number of imide groups is 1. The van der Waals surface area contributed by atoms with Crippen molar-refractivity contribution >= 4 is 17.7 Å². The smallest absolute Gasteiger partial charge is 0.236 e. The highest BCUT2D eigenvalue weighted by atomic mass is 16.2. The summed E-state index contributed by atoms with van der Waals surface area (Å²) in [7, 11) is 1.52. The van der Waals surface area contributed by atoms with Crippen LogP contribution in [0.3, 0.4) is 0 Å². The molecule has 6 nitrogen and oxygen atoms in total. The summed E-state index contributed by atoms with van der Waals surface area (Å²) >= 11 is 0. The maximum absolute atomic E-state index is 11.3. The Bertz CT molecular complexity index is 299. The normalized spacial score (nSPS) is 15.5. The van der Waals surface area contributed by atoms with Crippen molar-refractivity contribution in [1.29, 1.82) is 0 Å². The van der Waals surface area contributed by atoms with Crippen LogP contribution in [-0.2, 0) is 14.4 Å². The maximum Gasteiger partial charge on any atom is 0.236 e. The van der Waals surface area contributed by atoms with Gasteiger partial charge in [-0.1, -0.05) is 6.42 Å². The highest BCUT2D eigenvalue weighted by molar-refractivity contribution is 6.01. The van der Waals surface area contributed by atoms with Crippen LogP contribution in [0.25, 0.3) is 0 Å². The number of nitrogens with two attached hydrogens (primary N) is 1. The molecule has 1 aliphatic rings. The fourth-order valence-corrected chi connectivity index (χ4v) is 1.77. The molecule has 0 aromatic heterocycles. The molecular formula is C11H19N3O3. The summed E-state index contributed by atoms with van der Waals surface area (Å²) in [5, 5.41) is 1.08. The lowest BCUT2D eigenvalue weighted by molar-refractivity contribution is -0.138. The quantitative estimate of drug-likeness (QED) is 0.234. The molecule has 1 aliphatic heterocycles. The van der Waals surface area contributed by atoms with E-state index in [1.54, 1.807) is 0 Å². The van der Waals surface area contributed by atoms with Crippen molar-refractivity contribution in [2.45, 2.75) is 38.5 Å². The number of nitrogens with zero attached hydrogens (tertiary/aromatic N) is 2. The number of hydrogen-bond donors (Lipinski definition) is 1. The Hall–Kier alpha value is -1.43. The van der Waals surface area contributed by atoms with Crippen LogP contribution in [0.15, 0.2) is 0 Å². The number of amides is 3. The molecule has 0 saturated carbocycles. The molecule has 3 amide bonds. The van der Waals surface area contributed by atoms with Gasteiger partial charge in [0.15, 0.2) is 0 Å². The number of carbonyl (C=O) groups excluding carboxylic acids is 3. The predicted octanol–water partition coefficient (Wildman–Crippen LogP) is 0.0279. The van der Waals surface area contributed by atoms with E-state index in [0.717, 1.165) is 24.3 Å². The molecule has 1 heterocycles. The van der Waals surface area contributed by atoms with Crippen LogP contribution in [-0.4, -0.2) is 41.2 Å². The largest absolute Gasteiger partial charge is 0.284 e. The molecule has 0 bridgehead atoms. The van der Waals surface area contributed by atoms with E-state index >= 15 is 0 Å². The third kappa shape index (κ3) is 4.14. The van der Waals surface area contributed by atoms with E-state index in [2.05, 4.69) is 0 Å². The Balaban J connectivity index is 2.10. The molecule has 0 aromatic carbocycles. The van der Waals surface area contributed by atoms with Crippen molar-refractivity contribution in [3.05, 3.63) is 0 Å². The van der Waals surface area contributed by atoms with Crippen LogP contribution in [0, 0.1) is 0 Å². The van der Waals surface area contributed by atoms with Gasteiger partial charge in [-0.2, -0.15) is 0 Å². The van der Waals surface area contributed by atoms with Crippen molar-refractivity contribution in [3.8, 4) is 0 Å². The van der Waals surface area contributed by atoms with Gasteiger partial charge in [0.25, 0.3) is 0 Å². The molecule has 96 valence electrons. The van der Waals surface area contributed by atoms with Gasteiger partial charge in [0.2, 0.25) is 17.7 Å². The van der Waals surface area contributed by atoms with Crippen LogP contribution < -0.4 is 5.84 Å². The summed E-state index contributed by atoms with van der Waals surface area (Å²) in [6.07, 6.45) is 3.39. The monoisotopic (exact) mass is 241 g/mol. The van der Waals surface area contributed by atoms with Gasteiger partial charge in [-0.3, -0.25) is 24.3 Å². The molecule has 0 spiro atoms. The molecule has 6 heteroatoms. The molecule has 0 aliphatic carbocycles. The lowest BCUT2D eigenvalue weighted by atomic mass is 10.2. The maximum atomic E-state index is 11.3. The molecule has 1 rings (SSSR count). The topological polar surface area (TPSA) is 83.7 Å². The van der Waals surface area contributed by atoms with Gasteiger partial charge in [-0.15, -0.1) is 0 Å². The van der Waals surface area contributed by atoms with Gasteiger partial charge in [-0.25, -0.2) is 5.84 Å². The lowest BCUT2D eigenvalue weighted by Crippen LogP contribution is -2.33. The van der Waals surface area contributed by atoms with Gasteiger partial charge in [-0.05, 0) is 12.8 Å². The fourth-order valence-electron chi connectivity index (χ4n) is 1.77. The van der Waals surface area contributed by atoms with Crippen molar-refractivity contribution in [3.63, 3.8) is 0 Å². The van der Waals surface area contributed by atoms with Crippen molar-refractivity contribution in [2.75, 3.05) is 13.6 Å². The highest BCUT2D eigenvalue weighted by Crippen LogP contribution is 2.13. The average Bonchev–Trinajstić information content (AvgIpc) is 2.59. The summed E-state index contributed by atoms with van der Waals surface area (Å²) in [4.78, 5) is 35.0. The second-order valence-corrected chi connectivity index (χ2v) is 4.25. The second kappa shape index (κ2) is 6.34. The van der Waals surface area contributed by atoms with Crippen LogP contribution in [0.5, 0.6) is 0 Å². The first-order valence-electron chi connectivity index (χ1n) is 5.87. The minimum absolute atomic E-state index is 0.0761. The van der Waals surface area contributed by atoms with E-state index in [1.807, 2.05) is 0 Å². The molecule has 17 heavy (non-hydrogen) atoms. The fraction of sp³-hybridized carbons (Fsp3) is 0.727. The van der Waals surface area contributed by atoms with E-state index in [4.69, 9.17) is 5.84 Å². The Morgan fingerprint density at radius 1 is 1.24 bits per heavy atom. The molecule has 1 saturated heterocycles. The Morgan fingerprint density at radius 3 is 2.35 bits per heavy atom. The average molecular weight is 241 g/mol. The van der Waals surface area contributed by atoms with Crippen LogP contribution in [0.2, 0.25) is 0 Å². The van der Waals surface area contributed by atoms with E-state index in [9.17, 15) is 14.4 Å². The number of likely N-dealkylation sites (tertiary alicyclic amines) is 1. The summed E-state index contributed by atoms with van der Waals surface area (Å²) in [6.45, 7) is 0.477. The molecule has 0 radical (unpaired) electrons. The molecule has 0 atom stereocenters. The zero-order chi connectivity index (χ0) is 12.8. The third-order valence-corrected chi connectivity index (χ3v) is 2.82. The Morgan fingerprint density at radius 2 is 1.82 bits per heavy atom. The number of rotatable bonds is 6. The van der Waals surface area contributed by atoms with Crippen LogP contribution in [0.4, 0.5) is 0 Å². The molecule has 0 unspecified atom stereocenters. The SMILES string of the molecule is CN(N)C(=O)CCCCCN1C(=O)CCC1=O. The number of carbonyl (C=O) groups is 3. The molecule has 2 N–H and O–H groups in total. The minimum atomic E-state index is -0.0988. The van der Waals surface area contributed by atoms with E-state index in [0.29, 0.717) is 25.8 Å². The van der Waals surface area contributed by atoms with Gasteiger partial charge in [0, 0.05) is 32.9 Å². The Labute approximate surface area is 101 Å². The van der Waals surface area contributed by atoms with E-state index < -0.39 is 0 Å². The zero-order valence-corrected chi connectivity index (χ0v) is 10.1. The lowest BCUT2D eigenvalue weighted by Gasteiger charge is -2.13. The zero-order valence-electron chi connectivity index (χ0n) is 10.1. The van der Waals surface area contributed by atoms with Gasteiger partial charge < -0.3 is 0 Å². The molecule has 0 aromatic rings. The second-order valence-electron chi connectivity index (χ2n) is 4.25. The first-order valence-corrected chi connectivity index (χ1v) is 5.87. The minimum Gasteiger partial charge on any atom is -0.284 e. The predicted molar refractivity (Wildman–Crippen MR) is 61.4 cm³/mol. The standard InChI is InChI=1S/C11H19N3O3/c1-13(12)9(15)5-3-2-4-8-14-10(16)6-7-11(14)17/h2-8,12H2,1H3. The summed E-state index contributed by atoms with van der Waals surface area (Å²) in [6, 6.07) is 0. The van der Waals surface area contributed by atoms with Gasteiger partial charge in [0.1, 0.15) is 0 Å². The first-order chi connectivity index (χ1) is 8.02. The first kappa shape index (κ1) is 13.6. The van der Waals surface area contributed by atoms with E-state index in [-0.39, 0.29) is 17.7 Å². The van der Waals surface area contributed by atoms with Crippen LogP contribution >= 0.6 is 0 Å². The molecular weight excluding hydrogens is 222 g/mol. The van der Waals surface area contributed by atoms with Gasteiger partial charge >= 0.3 is 0 Å². The Kier molecular flexibility index (Phi) is 5.09. The van der Waals surface area contributed by atoms with Crippen molar-refractivity contribution in [1.82, 2.24) is 9.91 Å². The van der Waals surface area contributed by atoms with Crippen molar-refractivity contribution in [2.24, 2.45) is 5.84 Å². The van der Waals surface area contributed by atoms with Crippen LogP contribution in [0.1, 0.15) is 38.5 Å². The summed E-state index contributed by atoms with van der Waals surface area (Å²) in [5.41, 5.74) is 0. The van der Waals surface area contributed by atoms with Crippen molar-refractivity contribution < 1.29 is 14.4 Å².